The number of amides is 1. The fraction of sp³-hybridized carbons (Fsp3) is 0.308. The number of hydrogen-bond donors (Lipinski definition) is 1. The SMILES string of the molecule is CCCCCCCC1=NN2C(=N)/C(=C\c3cc(Br)ccc3OCc3ccccc3)C(=O)N=C2S1. The molecule has 2 aliphatic rings. The number of nitrogens with zero attached hydrogens (tertiary/aromatic N) is 3. The van der Waals surface area contributed by atoms with E-state index in [2.05, 4.69) is 32.9 Å². The maximum absolute atomic E-state index is 12.8. The lowest BCUT2D eigenvalue weighted by atomic mass is 10.1. The Kier molecular flexibility index (Phi) is 8.34. The fourth-order valence-corrected chi connectivity index (χ4v) is 4.97. The van der Waals surface area contributed by atoms with Gasteiger partial charge in [0.1, 0.15) is 17.4 Å². The van der Waals surface area contributed by atoms with Gasteiger partial charge in [-0.25, -0.2) is 0 Å². The number of nitrogens with one attached hydrogen (secondary N) is 1. The molecule has 0 saturated heterocycles. The first kappa shape index (κ1) is 24.4. The van der Waals surface area contributed by atoms with Gasteiger partial charge in [-0.1, -0.05) is 78.9 Å². The largest absolute Gasteiger partial charge is 0.488 e. The van der Waals surface area contributed by atoms with Crippen LogP contribution in [-0.4, -0.2) is 27.0 Å². The topological polar surface area (TPSA) is 78.1 Å². The molecule has 34 heavy (non-hydrogen) atoms. The summed E-state index contributed by atoms with van der Waals surface area (Å²) in [7, 11) is 0. The van der Waals surface area contributed by atoms with Gasteiger partial charge in [0.15, 0.2) is 5.84 Å². The smallest absolute Gasteiger partial charge is 0.283 e. The molecule has 2 aromatic rings. The molecule has 0 spiro atoms. The van der Waals surface area contributed by atoms with Crippen molar-refractivity contribution in [2.75, 3.05) is 0 Å². The normalized spacial score (nSPS) is 16.5. The van der Waals surface area contributed by atoms with Crippen molar-refractivity contribution in [3.05, 3.63) is 69.7 Å². The zero-order chi connectivity index (χ0) is 23.9. The molecule has 0 saturated carbocycles. The molecule has 2 aliphatic heterocycles. The fourth-order valence-electron chi connectivity index (χ4n) is 3.67. The summed E-state index contributed by atoms with van der Waals surface area (Å²) in [4.78, 5) is 17.0. The van der Waals surface area contributed by atoms with Gasteiger partial charge in [-0.15, -0.1) is 0 Å². The van der Waals surface area contributed by atoms with Gasteiger partial charge in [-0.2, -0.15) is 15.1 Å². The number of hydrogen-bond acceptors (Lipinski definition) is 5. The first-order chi connectivity index (χ1) is 16.5. The van der Waals surface area contributed by atoms with Crippen LogP contribution in [-0.2, 0) is 11.4 Å². The van der Waals surface area contributed by atoms with Crippen LogP contribution in [0.25, 0.3) is 6.08 Å². The third-order valence-corrected chi connectivity index (χ3v) is 6.96. The Hall–Kier alpha value is -2.71. The molecule has 176 valence electrons. The van der Waals surface area contributed by atoms with Crippen molar-refractivity contribution in [1.82, 2.24) is 5.01 Å². The lowest BCUT2D eigenvalue weighted by Crippen LogP contribution is -2.35. The zero-order valence-electron chi connectivity index (χ0n) is 19.1. The van der Waals surface area contributed by atoms with E-state index in [-0.39, 0.29) is 11.4 Å². The minimum Gasteiger partial charge on any atom is -0.488 e. The van der Waals surface area contributed by atoms with Crippen LogP contribution in [0.15, 0.2) is 68.7 Å². The van der Waals surface area contributed by atoms with Crippen molar-refractivity contribution in [3.8, 4) is 5.75 Å². The van der Waals surface area contributed by atoms with Gasteiger partial charge >= 0.3 is 0 Å². The van der Waals surface area contributed by atoms with Gasteiger partial charge in [0, 0.05) is 10.0 Å². The molecule has 2 heterocycles. The lowest BCUT2D eigenvalue weighted by Gasteiger charge is -2.20. The highest BCUT2D eigenvalue weighted by Crippen LogP contribution is 2.32. The second-order valence-electron chi connectivity index (χ2n) is 8.13. The van der Waals surface area contributed by atoms with E-state index in [1.54, 1.807) is 6.08 Å². The maximum Gasteiger partial charge on any atom is 0.283 e. The van der Waals surface area contributed by atoms with E-state index in [9.17, 15) is 4.79 Å². The molecule has 0 aliphatic carbocycles. The highest BCUT2D eigenvalue weighted by molar-refractivity contribution is 9.10. The molecule has 0 aromatic heterocycles. The average Bonchev–Trinajstić information content (AvgIpc) is 3.24. The molecule has 8 heteroatoms. The summed E-state index contributed by atoms with van der Waals surface area (Å²) in [5, 5.41) is 16.1. The van der Waals surface area contributed by atoms with Crippen molar-refractivity contribution in [3.63, 3.8) is 0 Å². The van der Waals surface area contributed by atoms with E-state index >= 15 is 0 Å². The van der Waals surface area contributed by atoms with Crippen LogP contribution in [0.1, 0.15) is 56.6 Å². The predicted molar refractivity (Wildman–Crippen MR) is 143 cm³/mol. The predicted octanol–water partition coefficient (Wildman–Crippen LogP) is 7.01. The van der Waals surface area contributed by atoms with Crippen LogP contribution in [0, 0.1) is 5.41 Å². The maximum atomic E-state index is 12.8. The highest BCUT2D eigenvalue weighted by atomic mass is 79.9. The summed E-state index contributed by atoms with van der Waals surface area (Å²) in [5.41, 5.74) is 1.94. The number of hydrazone groups is 1. The third-order valence-electron chi connectivity index (χ3n) is 5.50. The number of carbonyl (C=O) groups excluding carboxylic acids is 1. The average molecular weight is 539 g/mol. The first-order valence-corrected chi connectivity index (χ1v) is 13.1. The molecule has 4 rings (SSSR count). The molecule has 0 unspecified atom stereocenters. The van der Waals surface area contributed by atoms with Crippen LogP contribution < -0.4 is 4.74 Å². The van der Waals surface area contributed by atoms with Crippen LogP contribution in [0.4, 0.5) is 0 Å². The minimum atomic E-state index is -0.433. The van der Waals surface area contributed by atoms with Crippen molar-refractivity contribution in [1.29, 1.82) is 5.41 Å². The van der Waals surface area contributed by atoms with Crippen LogP contribution in [0.2, 0.25) is 0 Å². The molecule has 1 N–H and O–H groups in total. The summed E-state index contributed by atoms with van der Waals surface area (Å²) in [6.45, 7) is 2.61. The Morgan fingerprint density at radius 2 is 1.91 bits per heavy atom. The third kappa shape index (κ3) is 6.04. The molecule has 0 atom stereocenters. The molecule has 6 nitrogen and oxygen atoms in total. The van der Waals surface area contributed by atoms with Gasteiger partial charge in [0.2, 0.25) is 5.17 Å². The Balaban J connectivity index is 1.51. The van der Waals surface area contributed by atoms with Crippen LogP contribution in [0.5, 0.6) is 5.75 Å². The molecular weight excluding hydrogens is 512 g/mol. The Morgan fingerprint density at radius 1 is 1.12 bits per heavy atom. The van der Waals surface area contributed by atoms with Gasteiger partial charge in [-0.3, -0.25) is 10.2 Å². The highest BCUT2D eigenvalue weighted by Gasteiger charge is 2.35. The number of carbonyl (C=O) groups is 1. The summed E-state index contributed by atoms with van der Waals surface area (Å²) >= 11 is 4.88. The van der Waals surface area contributed by atoms with Gasteiger partial charge in [-0.05, 0) is 54.4 Å². The van der Waals surface area contributed by atoms with Gasteiger partial charge < -0.3 is 4.74 Å². The van der Waals surface area contributed by atoms with E-state index < -0.39 is 5.91 Å². The summed E-state index contributed by atoms with van der Waals surface area (Å²) < 4.78 is 6.89. The number of aliphatic imine (C=N–C) groups is 1. The van der Waals surface area contributed by atoms with Crippen LogP contribution >= 0.6 is 27.7 Å². The summed E-state index contributed by atoms with van der Waals surface area (Å²) in [5.74, 6) is 0.233. The number of ether oxygens (including phenoxy) is 1. The van der Waals surface area contributed by atoms with Crippen molar-refractivity contribution >= 4 is 55.7 Å². The van der Waals surface area contributed by atoms with Gasteiger partial charge in [0.05, 0.1) is 5.57 Å². The minimum absolute atomic E-state index is 0.0393. The molecule has 0 radical (unpaired) electrons. The lowest BCUT2D eigenvalue weighted by molar-refractivity contribution is -0.114. The quantitative estimate of drug-likeness (QED) is 0.260. The number of thioether (sulfide) groups is 1. The van der Waals surface area contributed by atoms with E-state index in [1.165, 1.54) is 36.0 Å². The molecule has 2 aromatic carbocycles. The Labute approximate surface area is 212 Å². The van der Waals surface area contributed by atoms with Crippen molar-refractivity contribution in [2.45, 2.75) is 52.1 Å². The van der Waals surface area contributed by atoms with E-state index in [4.69, 9.17) is 10.1 Å². The van der Waals surface area contributed by atoms with Crippen molar-refractivity contribution in [2.24, 2.45) is 10.1 Å². The first-order valence-electron chi connectivity index (χ1n) is 11.5. The second-order valence-corrected chi connectivity index (χ2v) is 10.1. The van der Waals surface area contributed by atoms with Gasteiger partial charge in [0.25, 0.3) is 5.91 Å². The number of amidine groups is 2. The van der Waals surface area contributed by atoms with Crippen molar-refractivity contribution < 1.29 is 9.53 Å². The number of rotatable bonds is 10. The Morgan fingerprint density at radius 3 is 2.71 bits per heavy atom. The number of halogens is 1. The molecule has 0 fully saturated rings. The van der Waals surface area contributed by atoms with E-state index in [0.717, 1.165) is 34.3 Å². The number of fused-ring (bicyclic) bond motifs is 1. The van der Waals surface area contributed by atoms with E-state index in [1.807, 2.05) is 48.5 Å². The number of unbranched alkanes of at least 4 members (excludes halogenated alkanes) is 4. The Bertz CT molecular complexity index is 1160. The van der Waals surface area contributed by atoms with Crippen LogP contribution in [0.3, 0.4) is 0 Å². The molecular formula is C26H27BrN4O2S. The summed E-state index contributed by atoms with van der Waals surface area (Å²) in [6, 6.07) is 15.5. The second kappa shape index (κ2) is 11.6. The molecule has 1 amide bonds. The monoisotopic (exact) mass is 538 g/mol. The zero-order valence-corrected chi connectivity index (χ0v) is 21.5. The molecule has 0 bridgehead atoms. The summed E-state index contributed by atoms with van der Waals surface area (Å²) in [6.07, 6.45) is 8.41. The van der Waals surface area contributed by atoms with E-state index in [0.29, 0.717) is 23.1 Å². The standard InChI is InChI=1S/C26H27BrN4O2S/c1-2-3-4-5-9-12-23-30-31-24(28)21(25(32)29-26(31)34-23)16-19-15-20(27)13-14-22(19)33-17-18-10-7-6-8-11-18/h6-8,10-11,13-16,28H,2-5,9,12,17H2,1H3/b21-16+,28-24?. The number of benzene rings is 2.